The summed E-state index contributed by atoms with van der Waals surface area (Å²) in [4.78, 5) is 10.9. The number of primary amides is 1. The van der Waals surface area contributed by atoms with Crippen LogP contribution in [0.4, 0.5) is 13.2 Å². The van der Waals surface area contributed by atoms with Gasteiger partial charge in [0.15, 0.2) is 0 Å². The number of nitrogens with two attached hydrogens (primary N) is 1. The number of alkyl halides is 3. The van der Waals surface area contributed by atoms with Crippen molar-refractivity contribution in [3.63, 3.8) is 0 Å². The second-order valence-corrected chi connectivity index (χ2v) is 4.50. The molecular formula is C11H8BrF3N2O. The first-order chi connectivity index (χ1) is 8.25. The summed E-state index contributed by atoms with van der Waals surface area (Å²) < 4.78 is 38.6. The first-order valence-electron chi connectivity index (χ1n) is 4.80. The fourth-order valence-corrected chi connectivity index (χ4v) is 1.78. The van der Waals surface area contributed by atoms with Gasteiger partial charge in [0.2, 0.25) is 5.91 Å². The summed E-state index contributed by atoms with van der Waals surface area (Å²) in [6.45, 7) is 0. The van der Waals surface area contributed by atoms with E-state index in [1.165, 1.54) is 12.1 Å². The molecule has 7 heteroatoms. The number of carbonyl (C=O) groups is 1. The van der Waals surface area contributed by atoms with E-state index in [1.54, 1.807) is 6.07 Å². The molecule has 0 radical (unpaired) electrons. The smallest absolute Gasteiger partial charge is 0.369 e. The largest absolute Gasteiger partial charge is 0.416 e. The van der Waals surface area contributed by atoms with Gasteiger partial charge in [-0.1, -0.05) is 22.0 Å². The summed E-state index contributed by atoms with van der Waals surface area (Å²) in [7, 11) is 0. The SMILES string of the molecule is N#CC(Cc1ccc(Br)cc1C(F)(F)F)C(N)=O. The Morgan fingerprint density at radius 1 is 1.50 bits per heavy atom. The first-order valence-corrected chi connectivity index (χ1v) is 5.59. The van der Waals surface area contributed by atoms with E-state index in [9.17, 15) is 18.0 Å². The molecule has 1 amide bonds. The van der Waals surface area contributed by atoms with E-state index >= 15 is 0 Å². The number of benzene rings is 1. The van der Waals surface area contributed by atoms with Crippen LogP contribution in [-0.2, 0) is 17.4 Å². The van der Waals surface area contributed by atoms with Crippen molar-refractivity contribution in [2.24, 2.45) is 11.7 Å². The van der Waals surface area contributed by atoms with Crippen molar-refractivity contribution >= 4 is 21.8 Å². The minimum Gasteiger partial charge on any atom is -0.369 e. The van der Waals surface area contributed by atoms with E-state index in [2.05, 4.69) is 15.9 Å². The van der Waals surface area contributed by atoms with E-state index in [0.29, 0.717) is 0 Å². The third-order valence-corrected chi connectivity index (χ3v) is 2.79. The number of nitrogens with zero attached hydrogens (tertiary/aromatic N) is 1. The fourth-order valence-electron chi connectivity index (χ4n) is 1.42. The Labute approximate surface area is 110 Å². The molecule has 0 saturated heterocycles. The molecule has 96 valence electrons. The van der Waals surface area contributed by atoms with Crippen LogP contribution in [0.5, 0.6) is 0 Å². The van der Waals surface area contributed by atoms with Crippen molar-refractivity contribution < 1.29 is 18.0 Å². The van der Waals surface area contributed by atoms with Gasteiger partial charge in [0, 0.05) is 4.47 Å². The summed E-state index contributed by atoms with van der Waals surface area (Å²) in [6.07, 6.45) is -4.90. The predicted octanol–water partition coefficient (Wildman–Crippen LogP) is 2.64. The molecule has 1 unspecified atom stereocenters. The summed E-state index contributed by atoms with van der Waals surface area (Å²) in [5.74, 6) is -2.21. The van der Waals surface area contributed by atoms with Gasteiger partial charge in [-0.05, 0) is 24.1 Å². The maximum Gasteiger partial charge on any atom is 0.416 e. The number of amides is 1. The number of hydrogen-bond acceptors (Lipinski definition) is 2. The van der Waals surface area contributed by atoms with Gasteiger partial charge in [-0.3, -0.25) is 4.79 Å². The molecule has 1 atom stereocenters. The summed E-state index contributed by atoms with van der Waals surface area (Å²) in [5, 5.41) is 8.66. The van der Waals surface area contributed by atoms with Gasteiger partial charge in [0.1, 0.15) is 5.92 Å². The van der Waals surface area contributed by atoms with Crippen LogP contribution >= 0.6 is 15.9 Å². The highest BCUT2D eigenvalue weighted by Crippen LogP contribution is 2.34. The quantitative estimate of drug-likeness (QED) is 0.930. The zero-order valence-corrected chi connectivity index (χ0v) is 10.5. The minimum absolute atomic E-state index is 0.129. The fraction of sp³-hybridized carbons (Fsp3) is 0.273. The van der Waals surface area contributed by atoms with Crippen molar-refractivity contribution in [1.82, 2.24) is 0 Å². The summed E-state index contributed by atoms with van der Waals surface area (Å²) >= 11 is 2.94. The molecular weight excluding hydrogens is 313 g/mol. The molecule has 0 heterocycles. The molecule has 0 fully saturated rings. The number of halogens is 4. The lowest BCUT2D eigenvalue weighted by atomic mass is 9.96. The monoisotopic (exact) mass is 320 g/mol. The van der Waals surface area contributed by atoms with Crippen LogP contribution in [0.1, 0.15) is 11.1 Å². The normalized spacial score (nSPS) is 12.8. The van der Waals surface area contributed by atoms with Gasteiger partial charge in [0.05, 0.1) is 11.6 Å². The number of nitriles is 1. The molecule has 1 rings (SSSR count). The molecule has 0 aliphatic rings. The Hall–Kier alpha value is -1.55. The summed E-state index contributed by atoms with van der Waals surface area (Å²) in [6, 6.07) is 5.14. The molecule has 2 N–H and O–H groups in total. The first kappa shape index (κ1) is 14.5. The molecule has 0 bridgehead atoms. The van der Waals surface area contributed by atoms with Gasteiger partial charge in [-0.2, -0.15) is 18.4 Å². The van der Waals surface area contributed by atoms with Crippen molar-refractivity contribution in [3.8, 4) is 6.07 Å². The summed E-state index contributed by atoms with van der Waals surface area (Å²) in [5.41, 5.74) is 3.93. The van der Waals surface area contributed by atoms with Crippen LogP contribution < -0.4 is 5.73 Å². The predicted molar refractivity (Wildman–Crippen MR) is 61.1 cm³/mol. The van der Waals surface area contributed by atoms with Crippen LogP contribution in [-0.4, -0.2) is 5.91 Å². The lowest BCUT2D eigenvalue weighted by molar-refractivity contribution is -0.138. The molecule has 0 spiro atoms. The Balaban J connectivity index is 3.18. The molecule has 3 nitrogen and oxygen atoms in total. The topological polar surface area (TPSA) is 66.9 Å². The molecule has 0 aliphatic carbocycles. The van der Waals surface area contributed by atoms with Crippen molar-refractivity contribution in [2.75, 3.05) is 0 Å². The van der Waals surface area contributed by atoms with Gasteiger partial charge < -0.3 is 5.73 Å². The van der Waals surface area contributed by atoms with E-state index < -0.39 is 23.6 Å². The number of carbonyl (C=O) groups excluding carboxylic acids is 1. The standard InChI is InChI=1S/C11H8BrF3N2O/c12-8-2-1-6(3-7(5-16)10(17)18)9(4-8)11(13,14)15/h1-2,4,7H,3H2,(H2,17,18). The van der Waals surface area contributed by atoms with Crippen LogP contribution in [0, 0.1) is 17.2 Å². The molecule has 0 aliphatic heterocycles. The minimum atomic E-state index is -4.54. The highest BCUT2D eigenvalue weighted by atomic mass is 79.9. The van der Waals surface area contributed by atoms with Crippen molar-refractivity contribution in [2.45, 2.75) is 12.6 Å². The average molecular weight is 321 g/mol. The van der Waals surface area contributed by atoms with E-state index in [-0.39, 0.29) is 16.5 Å². The highest BCUT2D eigenvalue weighted by molar-refractivity contribution is 9.10. The Bertz CT molecular complexity index is 508. The van der Waals surface area contributed by atoms with Crippen molar-refractivity contribution in [1.29, 1.82) is 5.26 Å². The second kappa shape index (κ2) is 5.40. The zero-order valence-electron chi connectivity index (χ0n) is 8.96. The van der Waals surface area contributed by atoms with E-state index in [1.807, 2.05) is 0 Å². The molecule has 1 aromatic rings. The Kier molecular flexibility index (Phi) is 4.35. The lowest BCUT2D eigenvalue weighted by Gasteiger charge is -2.14. The van der Waals surface area contributed by atoms with Gasteiger partial charge in [-0.25, -0.2) is 0 Å². The van der Waals surface area contributed by atoms with Crippen LogP contribution in [0.3, 0.4) is 0 Å². The van der Waals surface area contributed by atoms with Crippen molar-refractivity contribution in [3.05, 3.63) is 33.8 Å². The molecule has 18 heavy (non-hydrogen) atoms. The Morgan fingerprint density at radius 3 is 2.56 bits per heavy atom. The van der Waals surface area contributed by atoms with Gasteiger partial charge in [0.25, 0.3) is 0 Å². The highest BCUT2D eigenvalue weighted by Gasteiger charge is 2.34. The average Bonchev–Trinajstić information content (AvgIpc) is 2.25. The van der Waals surface area contributed by atoms with E-state index in [4.69, 9.17) is 11.0 Å². The maximum atomic E-state index is 12.8. The third-order valence-electron chi connectivity index (χ3n) is 2.30. The third kappa shape index (κ3) is 3.47. The van der Waals surface area contributed by atoms with Crippen LogP contribution in [0.25, 0.3) is 0 Å². The maximum absolute atomic E-state index is 12.8. The Morgan fingerprint density at radius 2 is 2.11 bits per heavy atom. The van der Waals surface area contributed by atoms with E-state index in [0.717, 1.165) is 6.07 Å². The zero-order chi connectivity index (χ0) is 13.9. The lowest BCUT2D eigenvalue weighted by Crippen LogP contribution is -2.24. The molecule has 1 aromatic carbocycles. The van der Waals surface area contributed by atoms with Gasteiger partial charge in [-0.15, -0.1) is 0 Å². The van der Waals surface area contributed by atoms with Crippen LogP contribution in [0.15, 0.2) is 22.7 Å². The number of rotatable bonds is 3. The molecule has 0 saturated carbocycles. The number of hydrogen-bond donors (Lipinski definition) is 1. The van der Waals surface area contributed by atoms with Crippen LogP contribution in [0.2, 0.25) is 0 Å². The van der Waals surface area contributed by atoms with Gasteiger partial charge >= 0.3 is 6.18 Å². The second-order valence-electron chi connectivity index (χ2n) is 3.59. The molecule has 0 aromatic heterocycles.